The largest absolute Gasteiger partial charge is 0.339 e. The van der Waals surface area contributed by atoms with Gasteiger partial charge >= 0.3 is 0 Å². The van der Waals surface area contributed by atoms with Gasteiger partial charge in [-0.2, -0.15) is 0 Å². The lowest BCUT2D eigenvalue weighted by Crippen LogP contribution is -2.30. The molecular weight excluding hydrogens is 414 g/mol. The van der Waals surface area contributed by atoms with Crippen LogP contribution in [0.25, 0.3) is 5.57 Å². The standard InChI is InChI=1S/C27H31N3OS/c1-3-30(4-2)27(31)24-12-10-22(11-13-24)26(21-8-6-5-7-9-21)23-14-16-29(17-15-23)19-25-18-28-20-32-25/h5-13,18,20H,3-4,14-17,19H2,1-2H3. The fraction of sp³-hybridized carbons (Fsp3) is 0.333. The molecule has 0 atom stereocenters. The topological polar surface area (TPSA) is 36.4 Å². The number of carbonyl (C=O) groups excluding carboxylic acids is 1. The molecule has 0 N–H and O–H groups in total. The Labute approximate surface area is 195 Å². The van der Waals surface area contributed by atoms with Crippen LogP contribution in [0.4, 0.5) is 0 Å². The van der Waals surface area contributed by atoms with E-state index in [0.717, 1.165) is 51.1 Å². The smallest absolute Gasteiger partial charge is 0.253 e. The zero-order valence-electron chi connectivity index (χ0n) is 19.0. The normalized spacial score (nSPS) is 14.4. The average molecular weight is 446 g/mol. The van der Waals surface area contributed by atoms with E-state index < -0.39 is 0 Å². The Kier molecular flexibility index (Phi) is 7.51. The third kappa shape index (κ3) is 5.17. The monoisotopic (exact) mass is 445 g/mol. The van der Waals surface area contributed by atoms with Crippen molar-refractivity contribution < 1.29 is 4.79 Å². The van der Waals surface area contributed by atoms with Gasteiger partial charge in [0.15, 0.2) is 0 Å². The van der Waals surface area contributed by atoms with Gasteiger partial charge in [-0.15, -0.1) is 11.3 Å². The summed E-state index contributed by atoms with van der Waals surface area (Å²) in [4.78, 5) is 22.7. The Bertz CT molecular complexity index is 1030. The first-order valence-corrected chi connectivity index (χ1v) is 12.3. The predicted octanol–water partition coefficient (Wildman–Crippen LogP) is 5.72. The summed E-state index contributed by atoms with van der Waals surface area (Å²) < 4.78 is 0. The minimum atomic E-state index is 0.104. The average Bonchev–Trinajstić information content (AvgIpc) is 3.35. The molecule has 4 rings (SSSR count). The molecule has 0 saturated carbocycles. The minimum Gasteiger partial charge on any atom is -0.339 e. The molecule has 0 spiro atoms. The van der Waals surface area contributed by atoms with E-state index >= 15 is 0 Å². The first kappa shape index (κ1) is 22.4. The van der Waals surface area contributed by atoms with E-state index in [1.807, 2.05) is 42.6 Å². The van der Waals surface area contributed by atoms with Crippen molar-refractivity contribution >= 4 is 22.8 Å². The SMILES string of the molecule is CCN(CC)C(=O)c1ccc(C(=C2CCN(Cc3cncs3)CC2)c2ccccc2)cc1. The Morgan fingerprint density at radius 1 is 0.938 bits per heavy atom. The molecule has 2 heterocycles. The molecule has 166 valence electrons. The highest BCUT2D eigenvalue weighted by Crippen LogP contribution is 2.33. The first-order chi connectivity index (χ1) is 15.7. The van der Waals surface area contributed by atoms with Crippen LogP contribution < -0.4 is 0 Å². The summed E-state index contributed by atoms with van der Waals surface area (Å²) in [5.74, 6) is 0.104. The van der Waals surface area contributed by atoms with Crippen molar-refractivity contribution in [2.45, 2.75) is 33.2 Å². The van der Waals surface area contributed by atoms with Crippen molar-refractivity contribution in [2.75, 3.05) is 26.2 Å². The van der Waals surface area contributed by atoms with E-state index in [0.29, 0.717) is 0 Å². The van der Waals surface area contributed by atoms with Crippen molar-refractivity contribution in [1.29, 1.82) is 0 Å². The van der Waals surface area contributed by atoms with Crippen molar-refractivity contribution in [3.05, 3.63) is 93.4 Å². The molecule has 1 fully saturated rings. The van der Waals surface area contributed by atoms with Crippen LogP contribution in [0, 0.1) is 0 Å². The van der Waals surface area contributed by atoms with Gasteiger partial charge in [-0.3, -0.25) is 14.7 Å². The molecule has 0 unspecified atom stereocenters. The second-order valence-corrected chi connectivity index (χ2v) is 9.11. The molecule has 0 bridgehead atoms. The Morgan fingerprint density at radius 2 is 1.56 bits per heavy atom. The maximum absolute atomic E-state index is 12.7. The van der Waals surface area contributed by atoms with Gasteiger partial charge in [-0.05, 0) is 55.5 Å². The van der Waals surface area contributed by atoms with Gasteiger partial charge in [0.25, 0.3) is 5.91 Å². The lowest BCUT2D eigenvalue weighted by molar-refractivity contribution is 0.0773. The maximum Gasteiger partial charge on any atom is 0.253 e. The van der Waals surface area contributed by atoms with Crippen molar-refractivity contribution in [1.82, 2.24) is 14.8 Å². The lowest BCUT2D eigenvalue weighted by Gasteiger charge is -2.30. The Morgan fingerprint density at radius 3 is 2.16 bits per heavy atom. The Balaban J connectivity index is 1.59. The number of nitrogens with zero attached hydrogens (tertiary/aromatic N) is 3. The summed E-state index contributed by atoms with van der Waals surface area (Å²) in [7, 11) is 0. The van der Waals surface area contributed by atoms with Gasteiger partial charge in [-0.1, -0.05) is 48.0 Å². The van der Waals surface area contributed by atoms with E-state index in [-0.39, 0.29) is 5.91 Å². The predicted molar refractivity (Wildman–Crippen MR) is 133 cm³/mol. The van der Waals surface area contributed by atoms with Gasteiger partial charge < -0.3 is 4.90 Å². The number of carbonyl (C=O) groups is 1. The minimum absolute atomic E-state index is 0.104. The summed E-state index contributed by atoms with van der Waals surface area (Å²) in [6.45, 7) is 8.61. The van der Waals surface area contributed by atoms with Crippen molar-refractivity contribution in [2.24, 2.45) is 0 Å². The molecule has 1 amide bonds. The maximum atomic E-state index is 12.7. The van der Waals surface area contributed by atoms with E-state index in [1.165, 1.54) is 27.2 Å². The molecule has 1 saturated heterocycles. The number of rotatable bonds is 7. The van der Waals surface area contributed by atoms with Crippen molar-refractivity contribution in [3.63, 3.8) is 0 Å². The molecule has 1 aromatic heterocycles. The van der Waals surface area contributed by atoms with E-state index in [4.69, 9.17) is 0 Å². The molecule has 1 aliphatic heterocycles. The number of hydrogen-bond donors (Lipinski definition) is 0. The van der Waals surface area contributed by atoms with Crippen LogP contribution in [0.1, 0.15) is 53.1 Å². The van der Waals surface area contributed by atoms with Crippen LogP contribution >= 0.6 is 11.3 Å². The van der Waals surface area contributed by atoms with Gasteiger partial charge in [0.05, 0.1) is 5.51 Å². The van der Waals surface area contributed by atoms with Gasteiger partial charge in [0.1, 0.15) is 0 Å². The van der Waals surface area contributed by atoms with Gasteiger partial charge in [0, 0.05) is 49.4 Å². The quantitative estimate of drug-likeness (QED) is 0.466. The van der Waals surface area contributed by atoms with Crippen molar-refractivity contribution in [3.8, 4) is 0 Å². The third-order valence-electron chi connectivity index (χ3n) is 6.21. The van der Waals surface area contributed by atoms with Gasteiger partial charge in [0.2, 0.25) is 0 Å². The second kappa shape index (κ2) is 10.7. The fourth-order valence-corrected chi connectivity index (χ4v) is 5.06. The number of amides is 1. The molecule has 1 aliphatic rings. The molecule has 32 heavy (non-hydrogen) atoms. The number of thiazole rings is 1. The molecule has 4 nitrogen and oxygen atoms in total. The van der Waals surface area contributed by atoms with Gasteiger partial charge in [-0.25, -0.2) is 0 Å². The van der Waals surface area contributed by atoms with Crippen LogP contribution in [-0.2, 0) is 6.54 Å². The van der Waals surface area contributed by atoms with Crippen LogP contribution in [0.5, 0.6) is 0 Å². The van der Waals surface area contributed by atoms with E-state index in [9.17, 15) is 4.79 Å². The highest BCUT2D eigenvalue weighted by Gasteiger charge is 2.20. The number of piperidine rings is 1. The zero-order valence-corrected chi connectivity index (χ0v) is 19.8. The molecule has 2 aromatic carbocycles. The van der Waals surface area contributed by atoms with Crippen LogP contribution in [0.2, 0.25) is 0 Å². The zero-order chi connectivity index (χ0) is 22.3. The summed E-state index contributed by atoms with van der Waals surface area (Å²) in [6, 6.07) is 18.9. The number of aromatic nitrogens is 1. The summed E-state index contributed by atoms with van der Waals surface area (Å²) in [5, 5.41) is 0. The molecular formula is C27H31N3OS. The first-order valence-electron chi connectivity index (χ1n) is 11.5. The number of benzene rings is 2. The highest BCUT2D eigenvalue weighted by molar-refractivity contribution is 7.09. The second-order valence-electron chi connectivity index (χ2n) is 8.14. The fourth-order valence-electron chi connectivity index (χ4n) is 4.42. The molecule has 5 heteroatoms. The summed E-state index contributed by atoms with van der Waals surface area (Å²) >= 11 is 1.73. The molecule has 0 radical (unpaired) electrons. The molecule has 0 aliphatic carbocycles. The van der Waals surface area contributed by atoms with Crippen LogP contribution in [-0.4, -0.2) is 46.9 Å². The third-order valence-corrected chi connectivity index (χ3v) is 6.97. The number of hydrogen-bond acceptors (Lipinski definition) is 4. The number of likely N-dealkylation sites (tertiary alicyclic amines) is 1. The Hall–Kier alpha value is -2.76. The van der Waals surface area contributed by atoms with E-state index in [2.05, 4.69) is 52.3 Å². The lowest BCUT2D eigenvalue weighted by atomic mass is 9.88. The van der Waals surface area contributed by atoms with E-state index in [1.54, 1.807) is 11.3 Å². The summed E-state index contributed by atoms with van der Waals surface area (Å²) in [5.41, 5.74) is 7.94. The highest BCUT2D eigenvalue weighted by atomic mass is 32.1. The summed E-state index contributed by atoms with van der Waals surface area (Å²) in [6.07, 6.45) is 4.10. The van der Waals surface area contributed by atoms with Crippen LogP contribution in [0.15, 0.2) is 71.9 Å². The molecule has 3 aromatic rings. The van der Waals surface area contributed by atoms with Crippen LogP contribution in [0.3, 0.4) is 0 Å².